The topological polar surface area (TPSA) is 67.4 Å². The molecule has 2 amide bonds. The van der Waals surface area contributed by atoms with E-state index in [1.165, 1.54) is 17.5 Å². The molecule has 0 aromatic heterocycles. The Bertz CT molecular complexity index is 837. The van der Waals surface area contributed by atoms with Gasteiger partial charge in [-0.3, -0.25) is 10.1 Å². The molecule has 0 fully saturated rings. The quantitative estimate of drug-likeness (QED) is 0.836. The first-order valence-electron chi connectivity index (χ1n) is 8.83. The van der Waals surface area contributed by atoms with Gasteiger partial charge < -0.3 is 10.1 Å². The molecule has 3 rings (SSSR count). The van der Waals surface area contributed by atoms with Crippen LogP contribution in [0.3, 0.4) is 0 Å². The Kier molecular flexibility index (Phi) is 4.98. The highest BCUT2D eigenvalue weighted by Gasteiger charge is 2.17. The molecule has 0 atom stereocenters. The van der Waals surface area contributed by atoms with Gasteiger partial charge in [0.15, 0.2) is 0 Å². The van der Waals surface area contributed by atoms with E-state index in [1.807, 2.05) is 12.1 Å². The van der Waals surface area contributed by atoms with Crippen molar-refractivity contribution in [3.05, 3.63) is 59.2 Å². The average molecular weight is 352 g/mol. The lowest BCUT2D eigenvalue weighted by Gasteiger charge is -2.19. The van der Waals surface area contributed by atoms with Gasteiger partial charge in [-0.15, -0.1) is 0 Å². The Morgan fingerprint density at radius 2 is 1.65 bits per heavy atom. The molecule has 0 spiro atoms. The minimum absolute atomic E-state index is 0.212. The Morgan fingerprint density at radius 1 is 0.923 bits per heavy atom. The third-order valence-corrected chi connectivity index (χ3v) is 4.13. The second kappa shape index (κ2) is 7.20. The third-order valence-electron chi connectivity index (χ3n) is 4.13. The maximum atomic E-state index is 12.5. The number of nitrogens with one attached hydrogen (secondary N) is 2. The van der Waals surface area contributed by atoms with E-state index in [2.05, 4.69) is 16.7 Å². The van der Waals surface area contributed by atoms with Crippen LogP contribution in [0.25, 0.3) is 0 Å². The van der Waals surface area contributed by atoms with Crippen LogP contribution in [0, 0.1) is 0 Å². The fourth-order valence-corrected chi connectivity index (χ4v) is 3.01. The molecule has 0 aliphatic heterocycles. The predicted octanol–water partition coefficient (Wildman–Crippen LogP) is 4.77. The van der Waals surface area contributed by atoms with Crippen molar-refractivity contribution in [3.8, 4) is 0 Å². The summed E-state index contributed by atoms with van der Waals surface area (Å²) in [6.45, 7) is 5.40. The number of rotatable bonds is 3. The van der Waals surface area contributed by atoms with Gasteiger partial charge >= 0.3 is 6.09 Å². The van der Waals surface area contributed by atoms with E-state index >= 15 is 0 Å². The Labute approximate surface area is 153 Å². The minimum Gasteiger partial charge on any atom is -0.444 e. The van der Waals surface area contributed by atoms with Crippen LogP contribution in [0.15, 0.2) is 42.5 Å². The van der Waals surface area contributed by atoms with Gasteiger partial charge in [0, 0.05) is 16.9 Å². The van der Waals surface area contributed by atoms with Crippen LogP contribution in [-0.2, 0) is 17.6 Å². The summed E-state index contributed by atoms with van der Waals surface area (Å²) in [6, 6.07) is 12.8. The van der Waals surface area contributed by atoms with Crippen molar-refractivity contribution in [3.63, 3.8) is 0 Å². The van der Waals surface area contributed by atoms with Crippen molar-refractivity contribution in [1.82, 2.24) is 0 Å². The highest BCUT2D eigenvalue weighted by atomic mass is 16.6. The van der Waals surface area contributed by atoms with Crippen molar-refractivity contribution in [2.45, 2.75) is 45.6 Å². The van der Waals surface area contributed by atoms with Gasteiger partial charge in [-0.05, 0) is 81.5 Å². The fraction of sp³-hybridized carbons (Fsp3) is 0.333. The molecule has 26 heavy (non-hydrogen) atoms. The number of aryl methyl sites for hydroxylation is 2. The average Bonchev–Trinajstić information content (AvgIpc) is 3.01. The summed E-state index contributed by atoms with van der Waals surface area (Å²) in [5.41, 5.74) is 3.88. The number of hydrogen-bond acceptors (Lipinski definition) is 3. The zero-order valence-corrected chi connectivity index (χ0v) is 15.4. The summed E-state index contributed by atoms with van der Waals surface area (Å²) in [7, 11) is 0. The molecule has 0 saturated heterocycles. The second-order valence-electron chi connectivity index (χ2n) is 7.50. The highest BCUT2D eigenvalue weighted by Crippen LogP contribution is 2.25. The normalized spacial score (nSPS) is 13.0. The molecule has 1 aliphatic carbocycles. The van der Waals surface area contributed by atoms with Crippen LogP contribution in [0.2, 0.25) is 0 Å². The van der Waals surface area contributed by atoms with Crippen LogP contribution >= 0.6 is 0 Å². The van der Waals surface area contributed by atoms with E-state index in [0.29, 0.717) is 11.3 Å². The number of benzene rings is 2. The SMILES string of the molecule is CC(C)(C)OC(=O)Nc1cccc(C(=O)Nc2ccc3c(c2)CCC3)c1. The molecule has 0 bridgehead atoms. The summed E-state index contributed by atoms with van der Waals surface area (Å²) >= 11 is 0. The third kappa shape index (κ3) is 4.63. The van der Waals surface area contributed by atoms with Crippen LogP contribution < -0.4 is 10.6 Å². The number of carbonyl (C=O) groups is 2. The maximum absolute atomic E-state index is 12.5. The van der Waals surface area contributed by atoms with Crippen LogP contribution in [0.1, 0.15) is 48.7 Å². The number of carbonyl (C=O) groups excluding carboxylic acids is 2. The second-order valence-corrected chi connectivity index (χ2v) is 7.50. The lowest BCUT2D eigenvalue weighted by molar-refractivity contribution is 0.0635. The molecule has 5 nitrogen and oxygen atoms in total. The van der Waals surface area contributed by atoms with Gasteiger partial charge in [-0.2, -0.15) is 0 Å². The summed E-state index contributed by atoms with van der Waals surface area (Å²) in [5.74, 6) is -0.212. The molecule has 2 N–H and O–H groups in total. The number of hydrogen-bond donors (Lipinski definition) is 2. The number of amides is 2. The molecule has 0 radical (unpaired) electrons. The van der Waals surface area contributed by atoms with Crippen LogP contribution in [0.4, 0.5) is 16.2 Å². The summed E-state index contributed by atoms with van der Waals surface area (Å²) in [5, 5.41) is 5.57. The van der Waals surface area contributed by atoms with Gasteiger partial charge in [-0.25, -0.2) is 4.79 Å². The van der Waals surface area contributed by atoms with E-state index < -0.39 is 11.7 Å². The van der Waals surface area contributed by atoms with E-state index in [4.69, 9.17) is 4.74 Å². The first-order valence-corrected chi connectivity index (χ1v) is 8.83. The van der Waals surface area contributed by atoms with Gasteiger partial charge in [0.1, 0.15) is 5.60 Å². The predicted molar refractivity (Wildman–Crippen MR) is 103 cm³/mol. The number of anilines is 2. The summed E-state index contributed by atoms with van der Waals surface area (Å²) in [6.07, 6.45) is 2.80. The molecule has 1 aliphatic rings. The Morgan fingerprint density at radius 3 is 2.42 bits per heavy atom. The lowest BCUT2D eigenvalue weighted by atomic mass is 10.1. The smallest absolute Gasteiger partial charge is 0.412 e. The molecule has 5 heteroatoms. The van der Waals surface area contributed by atoms with Crippen LogP contribution in [-0.4, -0.2) is 17.6 Å². The first kappa shape index (κ1) is 18.0. The lowest BCUT2D eigenvalue weighted by Crippen LogP contribution is -2.27. The van der Waals surface area contributed by atoms with Gasteiger partial charge in [-0.1, -0.05) is 12.1 Å². The number of fused-ring (bicyclic) bond motifs is 1. The highest BCUT2D eigenvalue weighted by molar-refractivity contribution is 6.05. The van der Waals surface area contributed by atoms with Crippen molar-refractivity contribution >= 4 is 23.4 Å². The molecular weight excluding hydrogens is 328 g/mol. The van der Waals surface area contributed by atoms with E-state index in [9.17, 15) is 9.59 Å². The van der Waals surface area contributed by atoms with Crippen molar-refractivity contribution < 1.29 is 14.3 Å². The molecule has 0 unspecified atom stereocenters. The van der Waals surface area contributed by atoms with Gasteiger partial charge in [0.2, 0.25) is 0 Å². The molecule has 2 aromatic carbocycles. The van der Waals surface area contributed by atoms with Gasteiger partial charge in [0.05, 0.1) is 0 Å². The largest absolute Gasteiger partial charge is 0.444 e. The zero-order valence-electron chi connectivity index (χ0n) is 15.4. The summed E-state index contributed by atoms with van der Waals surface area (Å²) in [4.78, 5) is 24.4. The van der Waals surface area contributed by atoms with E-state index in [1.54, 1.807) is 45.0 Å². The van der Waals surface area contributed by atoms with Crippen LogP contribution in [0.5, 0.6) is 0 Å². The molecule has 0 saturated carbocycles. The van der Waals surface area contributed by atoms with Crippen molar-refractivity contribution in [2.75, 3.05) is 10.6 Å². The molecule has 2 aromatic rings. The monoisotopic (exact) mass is 352 g/mol. The minimum atomic E-state index is -0.577. The molecular formula is C21H24N2O3. The van der Waals surface area contributed by atoms with Crippen molar-refractivity contribution in [1.29, 1.82) is 0 Å². The van der Waals surface area contributed by atoms with E-state index in [0.717, 1.165) is 18.5 Å². The fourth-order valence-electron chi connectivity index (χ4n) is 3.01. The van der Waals surface area contributed by atoms with Crippen molar-refractivity contribution in [2.24, 2.45) is 0 Å². The van der Waals surface area contributed by atoms with E-state index in [-0.39, 0.29) is 5.91 Å². The molecule has 136 valence electrons. The van der Waals surface area contributed by atoms with Gasteiger partial charge in [0.25, 0.3) is 5.91 Å². The maximum Gasteiger partial charge on any atom is 0.412 e. The number of ether oxygens (including phenoxy) is 1. The zero-order chi connectivity index (χ0) is 18.7. The Balaban J connectivity index is 1.67. The first-order chi connectivity index (χ1) is 12.3. The summed E-state index contributed by atoms with van der Waals surface area (Å²) < 4.78 is 5.23. The standard InChI is InChI=1S/C21H24N2O3/c1-21(2,3)26-20(25)23-17-9-5-8-16(13-17)19(24)22-18-11-10-14-6-4-7-15(14)12-18/h5,8-13H,4,6-7H2,1-3H3,(H,22,24)(H,23,25). The molecule has 0 heterocycles. The Hall–Kier alpha value is -2.82.